The van der Waals surface area contributed by atoms with E-state index >= 15 is 0 Å². The van der Waals surface area contributed by atoms with E-state index in [4.69, 9.17) is 5.11 Å². The van der Waals surface area contributed by atoms with Gasteiger partial charge in [0.05, 0.1) is 6.54 Å². The van der Waals surface area contributed by atoms with E-state index in [0.717, 1.165) is 18.7 Å². The van der Waals surface area contributed by atoms with E-state index < -0.39 is 0 Å². The number of amides is 1. The lowest BCUT2D eigenvalue weighted by molar-refractivity contribution is -0.130. The van der Waals surface area contributed by atoms with Crippen molar-refractivity contribution >= 4 is 17.2 Å². The van der Waals surface area contributed by atoms with Crippen molar-refractivity contribution in [2.24, 2.45) is 0 Å². The summed E-state index contributed by atoms with van der Waals surface area (Å²) in [6.45, 7) is 3.93. The molecular formula is C14H20N2O2S. The van der Waals surface area contributed by atoms with Crippen molar-refractivity contribution in [3.63, 3.8) is 0 Å². The Bertz CT molecular complexity index is 471. The maximum absolute atomic E-state index is 11.7. The van der Waals surface area contributed by atoms with Crippen molar-refractivity contribution in [1.29, 1.82) is 0 Å². The quantitative estimate of drug-likeness (QED) is 0.819. The number of rotatable bonds is 5. The Labute approximate surface area is 118 Å². The Morgan fingerprint density at radius 2 is 2.21 bits per heavy atom. The van der Waals surface area contributed by atoms with Gasteiger partial charge in [-0.2, -0.15) is 0 Å². The van der Waals surface area contributed by atoms with Gasteiger partial charge < -0.3 is 10.0 Å². The molecule has 0 bridgehead atoms. The van der Waals surface area contributed by atoms with E-state index in [1.54, 1.807) is 30.3 Å². The minimum atomic E-state index is -0.121. The van der Waals surface area contributed by atoms with Crippen molar-refractivity contribution < 1.29 is 9.90 Å². The summed E-state index contributed by atoms with van der Waals surface area (Å²) in [5, 5.41) is 10.6. The zero-order chi connectivity index (χ0) is 14.3. The molecule has 0 aliphatic rings. The zero-order valence-electron chi connectivity index (χ0n) is 11.6. The van der Waals surface area contributed by atoms with Gasteiger partial charge in [-0.25, -0.2) is 0 Å². The summed E-state index contributed by atoms with van der Waals surface area (Å²) < 4.78 is 0. The molecule has 1 N–H and O–H groups in total. The first kappa shape index (κ1) is 15.7. The maximum Gasteiger partial charge on any atom is 0.236 e. The van der Waals surface area contributed by atoms with Gasteiger partial charge in [0.2, 0.25) is 5.91 Å². The molecule has 1 rings (SSSR count). The Morgan fingerprint density at radius 3 is 2.79 bits per heavy atom. The number of aliphatic hydroxyl groups excluding tert-OH is 1. The summed E-state index contributed by atoms with van der Waals surface area (Å²) in [6.07, 6.45) is 0. The Hall–Kier alpha value is -1.35. The van der Waals surface area contributed by atoms with Crippen LogP contribution in [0.3, 0.4) is 0 Å². The lowest BCUT2D eigenvalue weighted by atomic mass is 10.3. The molecule has 1 heterocycles. The number of thiophene rings is 1. The third kappa shape index (κ3) is 5.43. The van der Waals surface area contributed by atoms with Crippen LogP contribution >= 0.6 is 11.3 Å². The molecule has 4 nitrogen and oxygen atoms in total. The summed E-state index contributed by atoms with van der Waals surface area (Å²) in [7, 11) is 3.54. The second-order valence-electron chi connectivity index (χ2n) is 4.35. The average Bonchev–Trinajstić information content (AvgIpc) is 2.82. The van der Waals surface area contributed by atoms with Crippen molar-refractivity contribution in [2.75, 3.05) is 33.8 Å². The highest BCUT2D eigenvalue weighted by Gasteiger charge is 2.12. The summed E-state index contributed by atoms with van der Waals surface area (Å²) in [6, 6.07) is 2.01. The van der Waals surface area contributed by atoms with Crippen LogP contribution in [0.15, 0.2) is 11.4 Å². The first-order valence-electron chi connectivity index (χ1n) is 6.16. The summed E-state index contributed by atoms with van der Waals surface area (Å²) in [5.41, 5.74) is 0.920. The van der Waals surface area contributed by atoms with Crippen molar-refractivity contribution in [1.82, 2.24) is 9.80 Å². The minimum Gasteiger partial charge on any atom is -0.384 e. The molecule has 1 aromatic heterocycles. The predicted molar refractivity (Wildman–Crippen MR) is 77.9 cm³/mol. The molecule has 0 saturated carbocycles. The van der Waals surface area contributed by atoms with Crippen LogP contribution < -0.4 is 0 Å². The molecule has 1 aromatic rings. The maximum atomic E-state index is 11.7. The van der Waals surface area contributed by atoms with Crippen molar-refractivity contribution in [2.45, 2.75) is 13.5 Å². The standard InChI is InChI=1S/C14H20N2O2S/c1-4-16(10-14(18)15(2)3)9-13-8-12(11-19-13)6-5-7-17/h8,11,17H,4,7,9-10H2,1-3H3. The van der Waals surface area contributed by atoms with Gasteiger partial charge in [0.15, 0.2) is 0 Å². The molecule has 0 radical (unpaired) electrons. The molecule has 0 fully saturated rings. The van der Waals surface area contributed by atoms with Crippen LogP contribution in [0.5, 0.6) is 0 Å². The summed E-state index contributed by atoms with van der Waals surface area (Å²) in [5.74, 6) is 5.62. The van der Waals surface area contributed by atoms with Crippen LogP contribution in [-0.2, 0) is 11.3 Å². The highest BCUT2D eigenvalue weighted by molar-refractivity contribution is 7.10. The van der Waals surface area contributed by atoms with E-state index in [0.29, 0.717) is 6.54 Å². The van der Waals surface area contributed by atoms with E-state index in [-0.39, 0.29) is 12.5 Å². The second kappa shape index (κ2) is 7.95. The van der Waals surface area contributed by atoms with Crippen molar-refractivity contribution in [3.05, 3.63) is 21.9 Å². The number of hydrogen-bond acceptors (Lipinski definition) is 4. The number of aliphatic hydroxyl groups is 1. The largest absolute Gasteiger partial charge is 0.384 e. The zero-order valence-corrected chi connectivity index (χ0v) is 12.5. The van der Waals surface area contributed by atoms with Crippen LogP contribution in [0.25, 0.3) is 0 Å². The van der Waals surface area contributed by atoms with Crippen LogP contribution in [0, 0.1) is 11.8 Å². The van der Waals surface area contributed by atoms with Gasteiger partial charge >= 0.3 is 0 Å². The van der Waals surface area contributed by atoms with Crippen LogP contribution in [-0.4, -0.2) is 54.6 Å². The number of carbonyl (C=O) groups excluding carboxylic acids is 1. The average molecular weight is 280 g/mol. The third-order valence-corrected chi connectivity index (χ3v) is 3.57. The molecule has 0 aliphatic heterocycles. The fourth-order valence-electron chi connectivity index (χ4n) is 1.50. The smallest absolute Gasteiger partial charge is 0.236 e. The van der Waals surface area contributed by atoms with E-state index in [2.05, 4.69) is 16.7 Å². The molecule has 0 aliphatic carbocycles. The fraction of sp³-hybridized carbons (Fsp3) is 0.500. The van der Waals surface area contributed by atoms with Crippen LogP contribution in [0.2, 0.25) is 0 Å². The molecule has 0 atom stereocenters. The van der Waals surface area contributed by atoms with E-state index in [9.17, 15) is 4.79 Å². The summed E-state index contributed by atoms with van der Waals surface area (Å²) in [4.78, 5) is 16.6. The number of carbonyl (C=O) groups is 1. The summed E-state index contributed by atoms with van der Waals surface area (Å²) >= 11 is 1.63. The van der Waals surface area contributed by atoms with Crippen molar-refractivity contribution in [3.8, 4) is 11.8 Å². The van der Waals surface area contributed by atoms with Gasteiger partial charge in [0, 0.05) is 36.5 Å². The van der Waals surface area contributed by atoms with E-state index in [1.165, 1.54) is 4.88 Å². The first-order chi connectivity index (χ1) is 9.06. The Kier molecular flexibility index (Phi) is 6.57. The van der Waals surface area contributed by atoms with Crippen LogP contribution in [0.4, 0.5) is 0 Å². The highest BCUT2D eigenvalue weighted by atomic mass is 32.1. The molecule has 0 unspecified atom stereocenters. The topological polar surface area (TPSA) is 43.8 Å². The minimum absolute atomic E-state index is 0.110. The van der Waals surface area contributed by atoms with Gasteiger partial charge in [0.25, 0.3) is 0 Å². The Morgan fingerprint density at radius 1 is 1.47 bits per heavy atom. The molecule has 0 spiro atoms. The molecular weight excluding hydrogens is 260 g/mol. The van der Waals surface area contributed by atoms with E-state index in [1.807, 2.05) is 18.4 Å². The molecule has 0 aromatic carbocycles. The number of hydrogen-bond donors (Lipinski definition) is 1. The monoisotopic (exact) mass is 280 g/mol. The van der Waals surface area contributed by atoms with Crippen LogP contribution in [0.1, 0.15) is 17.4 Å². The molecule has 0 saturated heterocycles. The molecule has 104 valence electrons. The number of likely N-dealkylation sites (N-methyl/N-ethyl adjacent to an activating group) is 2. The molecule has 5 heteroatoms. The SMILES string of the molecule is CCN(CC(=O)N(C)C)Cc1cc(C#CCO)cs1. The second-order valence-corrected chi connectivity index (χ2v) is 5.35. The van der Waals surface area contributed by atoms with Gasteiger partial charge in [-0.15, -0.1) is 11.3 Å². The fourth-order valence-corrected chi connectivity index (χ4v) is 2.36. The molecule has 19 heavy (non-hydrogen) atoms. The van der Waals surface area contributed by atoms with Gasteiger partial charge in [-0.05, 0) is 12.6 Å². The predicted octanol–water partition coefficient (Wildman–Crippen LogP) is 1.00. The normalized spacial score (nSPS) is 10.2. The molecule has 1 amide bonds. The van der Waals surface area contributed by atoms with Gasteiger partial charge in [-0.3, -0.25) is 9.69 Å². The highest BCUT2D eigenvalue weighted by Crippen LogP contribution is 2.16. The first-order valence-corrected chi connectivity index (χ1v) is 7.04. The third-order valence-electron chi connectivity index (χ3n) is 2.65. The van der Waals surface area contributed by atoms with Gasteiger partial charge in [0.1, 0.15) is 6.61 Å². The lowest BCUT2D eigenvalue weighted by Crippen LogP contribution is -2.36. The van der Waals surface area contributed by atoms with Gasteiger partial charge in [-0.1, -0.05) is 18.8 Å². The Balaban J connectivity index is 2.60. The lowest BCUT2D eigenvalue weighted by Gasteiger charge is -2.21. The number of nitrogens with zero attached hydrogens (tertiary/aromatic N) is 2.